The van der Waals surface area contributed by atoms with Gasteiger partial charge in [-0.1, -0.05) is 0 Å². The third-order valence-electron chi connectivity index (χ3n) is 3.14. The van der Waals surface area contributed by atoms with Crippen LogP contribution in [0.1, 0.15) is 30.1 Å². The number of carbonyl (C=O) groups is 1. The van der Waals surface area contributed by atoms with Gasteiger partial charge in [-0.25, -0.2) is 4.39 Å². The van der Waals surface area contributed by atoms with Crippen molar-refractivity contribution in [1.82, 2.24) is 10.6 Å². The van der Waals surface area contributed by atoms with Crippen LogP contribution < -0.4 is 10.6 Å². The van der Waals surface area contributed by atoms with Crippen molar-refractivity contribution >= 4 is 21.8 Å². The van der Waals surface area contributed by atoms with Crippen LogP contribution in [-0.2, 0) is 0 Å². The van der Waals surface area contributed by atoms with Gasteiger partial charge < -0.3 is 10.6 Å². The van der Waals surface area contributed by atoms with E-state index < -0.39 is 5.82 Å². The van der Waals surface area contributed by atoms with E-state index in [4.69, 9.17) is 0 Å². The quantitative estimate of drug-likeness (QED) is 0.880. The number of hydrogen-bond donors (Lipinski definition) is 2. The van der Waals surface area contributed by atoms with Crippen LogP contribution in [0, 0.1) is 5.82 Å². The monoisotopic (exact) mass is 314 g/mol. The van der Waals surface area contributed by atoms with Crippen molar-refractivity contribution in [2.75, 3.05) is 6.54 Å². The lowest BCUT2D eigenvalue weighted by Gasteiger charge is -2.28. The minimum absolute atomic E-state index is 0.167. The van der Waals surface area contributed by atoms with Gasteiger partial charge in [-0.3, -0.25) is 4.79 Å². The molecule has 1 aromatic rings. The highest BCUT2D eigenvalue weighted by atomic mass is 79.9. The zero-order valence-electron chi connectivity index (χ0n) is 10.2. The zero-order valence-corrected chi connectivity index (χ0v) is 11.8. The molecule has 2 unspecified atom stereocenters. The molecule has 3 nitrogen and oxygen atoms in total. The topological polar surface area (TPSA) is 41.1 Å². The maximum absolute atomic E-state index is 13.3. The fraction of sp³-hybridized carbons (Fsp3) is 0.462. The molecule has 1 fully saturated rings. The van der Waals surface area contributed by atoms with Gasteiger partial charge in [0.2, 0.25) is 0 Å². The smallest absolute Gasteiger partial charge is 0.251 e. The molecule has 0 aliphatic carbocycles. The van der Waals surface area contributed by atoms with E-state index in [0.29, 0.717) is 16.1 Å². The first-order valence-corrected chi connectivity index (χ1v) is 6.85. The van der Waals surface area contributed by atoms with Crippen LogP contribution in [0.3, 0.4) is 0 Å². The number of rotatable bonds is 2. The van der Waals surface area contributed by atoms with Gasteiger partial charge >= 0.3 is 0 Å². The third kappa shape index (κ3) is 3.29. The van der Waals surface area contributed by atoms with Crippen LogP contribution in [-0.4, -0.2) is 24.5 Å². The highest BCUT2D eigenvalue weighted by molar-refractivity contribution is 9.10. The number of halogens is 2. The summed E-state index contributed by atoms with van der Waals surface area (Å²) >= 11 is 3.07. The van der Waals surface area contributed by atoms with Gasteiger partial charge in [0, 0.05) is 17.6 Å². The highest BCUT2D eigenvalue weighted by Gasteiger charge is 2.20. The third-order valence-corrected chi connectivity index (χ3v) is 3.78. The van der Waals surface area contributed by atoms with E-state index in [1.165, 1.54) is 6.07 Å². The number of amides is 1. The van der Waals surface area contributed by atoms with Gasteiger partial charge in [-0.05, 0) is 60.4 Å². The SMILES string of the molecule is CC1CC(NC(=O)c2ccc(Br)c(F)c2)CCN1. The van der Waals surface area contributed by atoms with Gasteiger partial charge in [0.25, 0.3) is 5.91 Å². The molecule has 0 spiro atoms. The van der Waals surface area contributed by atoms with Crippen molar-refractivity contribution in [2.45, 2.75) is 31.8 Å². The second kappa shape index (κ2) is 5.80. The Morgan fingerprint density at radius 1 is 1.56 bits per heavy atom. The highest BCUT2D eigenvalue weighted by Crippen LogP contribution is 2.17. The van der Waals surface area contributed by atoms with E-state index in [1.54, 1.807) is 12.1 Å². The molecule has 0 aromatic heterocycles. The van der Waals surface area contributed by atoms with Gasteiger partial charge in [-0.2, -0.15) is 0 Å². The Morgan fingerprint density at radius 2 is 2.33 bits per heavy atom. The van der Waals surface area contributed by atoms with E-state index in [1.807, 2.05) is 0 Å². The molecule has 0 radical (unpaired) electrons. The molecule has 2 N–H and O–H groups in total. The summed E-state index contributed by atoms with van der Waals surface area (Å²) < 4.78 is 13.7. The maximum Gasteiger partial charge on any atom is 0.251 e. The summed E-state index contributed by atoms with van der Waals surface area (Å²) in [6.07, 6.45) is 1.82. The maximum atomic E-state index is 13.3. The van der Waals surface area contributed by atoms with Crippen LogP contribution in [0.15, 0.2) is 22.7 Å². The van der Waals surface area contributed by atoms with Gasteiger partial charge in [0.15, 0.2) is 0 Å². The Morgan fingerprint density at radius 3 is 3.00 bits per heavy atom. The minimum atomic E-state index is -0.415. The summed E-state index contributed by atoms with van der Waals surface area (Å²) in [4.78, 5) is 12.0. The van der Waals surface area contributed by atoms with E-state index >= 15 is 0 Å². The van der Waals surface area contributed by atoms with Crippen LogP contribution in [0.5, 0.6) is 0 Å². The standard InChI is InChI=1S/C13H16BrFN2O/c1-8-6-10(4-5-16-8)17-13(18)9-2-3-11(14)12(15)7-9/h2-3,7-8,10,16H,4-6H2,1H3,(H,17,18). The Bertz CT molecular complexity index is 453. The summed E-state index contributed by atoms with van der Waals surface area (Å²) in [7, 11) is 0. The zero-order chi connectivity index (χ0) is 13.1. The largest absolute Gasteiger partial charge is 0.349 e. The summed E-state index contributed by atoms with van der Waals surface area (Å²) in [6.45, 7) is 3.00. The Balaban J connectivity index is 2.00. The fourth-order valence-corrected chi connectivity index (χ4v) is 2.42. The predicted octanol–water partition coefficient (Wildman–Crippen LogP) is 2.46. The van der Waals surface area contributed by atoms with Crippen LogP contribution in [0.25, 0.3) is 0 Å². The second-order valence-corrected chi connectivity index (χ2v) is 5.53. The minimum Gasteiger partial charge on any atom is -0.349 e. The van der Waals surface area contributed by atoms with E-state index in [-0.39, 0.29) is 11.9 Å². The molecule has 0 bridgehead atoms. The lowest BCUT2D eigenvalue weighted by Crippen LogP contribution is -2.46. The summed E-state index contributed by atoms with van der Waals surface area (Å²) in [5.41, 5.74) is 0.363. The van der Waals surface area contributed by atoms with Gasteiger partial charge in [0.05, 0.1) is 4.47 Å². The lowest BCUT2D eigenvalue weighted by atomic mass is 10.0. The van der Waals surface area contributed by atoms with Crippen molar-refractivity contribution in [3.8, 4) is 0 Å². The van der Waals surface area contributed by atoms with E-state index in [9.17, 15) is 9.18 Å². The van der Waals surface area contributed by atoms with Gasteiger partial charge in [-0.15, -0.1) is 0 Å². The number of carbonyl (C=O) groups excluding carboxylic acids is 1. The Labute approximate surface area is 114 Å². The second-order valence-electron chi connectivity index (χ2n) is 4.68. The predicted molar refractivity (Wildman–Crippen MR) is 72.1 cm³/mol. The Hall–Kier alpha value is -0.940. The molecule has 5 heteroatoms. The molecule has 98 valence electrons. The molecule has 0 saturated carbocycles. The number of piperidine rings is 1. The first-order chi connectivity index (χ1) is 8.56. The lowest BCUT2D eigenvalue weighted by molar-refractivity contribution is 0.0925. The van der Waals surface area contributed by atoms with Crippen molar-refractivity contribution in [1.29, 1.82) is 0 Å². The van der Waals surface area contributed by atoms with Crippen LogP contribution in [0.2, 0.25) is 0 Å². The van der Waals surface area contributed by atoms with Crippen LogP contribution >= 0.6 is 15.9 Å². The van der Waals surface area contributed by atoms with Crippen molar-refractivity contribution in [3.05, 3.63) is 34.1 Å². The number of benzene rings is 1. The molecule has 1 saturated heterocycles. The normalized spacial score (nSPS) is 23.7. The number of nitrogens with one attached hydrogen (secondary N) is 2. The molecular weight excluding hydrogens is 299 g/mol. The molecule has 1 aliphatic rings. The molecule has 2 rings (SSSR count). The van der Waals surface area contributed by atoms with E-state index in [0.717, 1.165) is 19.4 Å². The molecule has 18 heavy (non-hydrogen) atoms. The molecule has 2 atom stereocenters. The molecule has 1 amide bonds. The molecule has 1 aromatic carbocycles. The molecule has 1 heterocycles. The van der Waals surface area contributed by atoms with Crippen molar-refractivity contribution in [3.63, 3.8) is 0 Å². The first kappa shape index (κ1) is 13.5. The summed E-state index contributed by atoms with van der Waals surface area (Å²) in [5, 5.41) is 6.28. The summed E-state index contributed by atoms with van der Waals surface area (Å²) in [6, 6.07) is 5.00. The fourth-order valence-electron chi connectivity index (χ4n) is 2.17. The Kier molecular flexibility index (Phi) is 4.35. The number of hydrogen-bond acceptors (Lipinski definition) is 2. The average molecular weight is 315 g/mol. The molecule has 1 aliphatic heterocycles. The van der Waals surface area contributed by atoms with Crippen LogP contribution in [0.4, 0.5) is 4.39 Å². The van der Waals surface area contributed by atoms with Gasteiger partial charge in [0.1, 0.15) is 5.82 Å². The summed E-state index contributed by atoms with van der Waals surface area (Å²) in [5.74, 6) is -0.623. The first-order valence-electron chi connectivity index (χ1n) is 6.05. The van der Waals surface area contributed by atoms with E-state index in [2.05, 4.69) is 33.5 Å². The van der Waals surface area contributed by atoms with Crippen molar-refractivity contribution in [2.24, 2.45) is 0 Å². The molecular formula is C13H16BrFN2O. The van der Waals surface area contributed by atoms with Crippen molar-refractivity contribution < 1.29 is 9.18 Å². The average Bonchev–Trinajstić information content (AvgIpc) is 2.32.